The van der Waals surface area contributed by atoms with Crippen molar-refractivity contribution in [2.24, 2.45) is 5.41 Å². The number of hydrogen-bond acceptors (Lipinski definition) is 5. The molecular formula is C19H24N6O2. The summed E-state index contributed by atoms with van der Waals surface area (Å²) in [6.45, 7) is 2.81. The Morgan fingerprint density at radius 1 is 1.19 bits per heavy atom. The fraction of sp³-hybridized carbons (Fsp3) is 0.526. The molecule has 0 bridgehead atoms. The first-order chi connectivity index (χ1) is 13.2. The van der Waals surface area contributed by atoms with Gasteiger partial charge in [-0.3, -0.25) is 14.6 Å². The van der Waals surface area contributed by atoms with Crippen molar-refractivity contribution in [3.8, 4) is 0 Å². The van der Waals surface area contributed by atoms with E-state index in [-0.39, 0.29) is 17.2 Å². The molecule has 0 unspecified atom stereocenters. The molecule has 0 aliphatic carbocycles. The van der Waals surface area contributed by atoms with E-state index in [0.717, 1.165) is 37.9 Å². The third kappa shape index (κ3) is 3.84. The van der Waals surface area contributed by atoms with Crippen molar-refractivity contribution in [1.29, 1.82) is 0 Å². The molecule has 1 spiro atoms. The summed E-state index contributed by atoms with van der Waals surface area (Å²) in [5.74, 6) is 0.139. The average Bonchev–Trinajstić information content (AvgIpc) is 3.23. The summed E-state index contributed by atoms with van der Waals surface area (Å²) in [5, 5.41) is 0. The maximum Gasteiger partial charge on any atom is 0.274 e. The van der Waals surface area contributed by atoms with Crippen LogP contribution in [0.3, 0.4) is 0 Å². The summed E-state index contributed by atoms with van der Waals surface area (Å²) >= 11 is 0. The van der Waals surface area contributed by atoms with Gasteiger partial charge in [-0.15, -0.1) is 0 Å². The molecule has 8 nitrogen and oxygen atoms in total. The summed E-state index contributed by atoms with van der Waals surface area (Å²) in [7, 11) is 0. The van der Waals surface area contributed by atoms with Crippen molar-refractivity contribution < 1.29 is 9.59 Å². The number of aromatic amines is 1. The number of nitrogens with zero attached hydrogens (tertiary/aromatic N) is 5. The third-order valence-electron chi connectivity index (χ3n) is 5.68. The highest BCUT2D eigenvalue weighted by Gasteiger charge is 2.42. The summed E-state index contributed by atoms with van der Waals surface area (Å²) in [6, 6.07) is 0. The van der Waals surface area contributed by atoms with Gasteiger partial charge in [0.25, 0.3) is 5.91 Å². The van der Waals surface area contributed by atoms with Gasteiger partial charge in [-0.1, -0.05) is 0 Å². The van der Waals surface area contributed by atoms with E-state index in [1.54, 1.807) is 24.9 Å². The minimum absolute atomic E-state index is 0.0159. The molecule has 0 saturated carbocycles. The van der Waals surface area contributed by atoms with E-state index in [0.29, 0.717) is 31.7 Å². The van der Waals surface area contributed by atoms with Crippen LogP contribution in [0.4, 0.5) is 0 Å². The van der Waals surface area contributed by atoms with E-state index >= 15 is 0 Å². The SMILES string of the molecule is O=C1CC[C@@]2(CCCN(C(=O)c3cnccn3)C2)CN1CCc1cnc[nH]1. The monoisotopic (exact) mass is 368 g/mol. The molecule has 2 aromatic heterocycles. The van der Waals surface area contributed by atoms with Crippen LogP contribution in [0.2, 0.25) is 0 Å². The summed E-state index contributed by atoms with van der Waals surface area (Å²) in [6.07, 6.45) is 12.3. The predicted octanol–water partition coefficient (Wildman–Crippen LogP) is 1.29. The van der Waals surface area contributed by atoms with E-state index in [2.05, 4.69) is 19.9 Å². The van der Waals surface area contributed by atoms with Crippen LogP contribution in [0.5, 0.6) is 0 Å². The highest BCUT2D eigenvalue weighted by atomic mass is 16.2. The molecule has 2 fully saturated rings. The van der Waals surface area contributed by atoms with Crippen molar-refractivity contribution >= 4 is 11.8 Å². The Hall–Kier alpha value is -2.77. The van der Waals surface area contributed by atoms with Gasteiger partial charge in [0.2, 0.25) is 5.91 Å². The Morgan fingerprint density at radius 2 is 2.11 bits per heavy atom. The molecule has 2 aliphatic heterocycles. The third-order valence-corrected chi connectivity index (χ3v) is 5.68. The largest absolute Gasteiger partial charge is 0.348 e. The number of amides is 2. The highest BCUT2D eigenvalue weighted by Crippen LogP contribution is 2.39. The minimum atomic E-state index is -0.0666. The maximum absolute atomic E-state index is 12.8. The number of imidazole rings is 1. The van der Waals surface area contributed by atoms with Crippen LogP contribution < -0.4 is 0 Å². The Kier molecular flexibility index (Phi) is 4.87. The number of piperidine rings is 2. The molecule has 2 saturated heterocycles. The lowest BCUT2D eigenvalue weighted by molar-refractivity contribution is -0.138. The quantitative estimate of drug-likeness (QED) is 0.877. The van der Waals surface area contributed by atoms with Gasteiger partial charge in [0.05, 0.1) is 12.5 Å². The number of H-pyrrole nitrogens is 1. The smallest absolute Gasteiger partial charge is 0.274 e. The fourth-order valence-electron chi connectivity index (χ4n) is 4.27. The second-order valence-corrected chi connectivity index (χ2v) is 7.56. The average molecular weight is 368 g/mol. The van der Waals surface area contributed by atoms with Crippen LogP contribution >= 0.6 is 0 Å². The van der Waals surface area contributed by atoms with Crippen molar-refractivity contribution in [3.63, 3.8) is 0 Å². The van der Waals surface area contributed by atoms with Crippen molar-refractivity contribution in [2.75, 3.05) is 26.2 Å². The van der Waals surface area contributed by atoms with Crippen LogP contribution in [0, 0.1) is 5.41 Å². The first-order valence-electron chi connectivity index (χ1n) is 9.46. The van der Waals surface area contributed by atoms with E-state index in [4.69, 9.17) is 0 Å². The Balaban J connectivity index is 1.43. The van der Waals surface area contributed by atoms with Gasteiger partial charge in [0, 0.05) is 68.7 Å². The lowest BCUT2D eigenvalue weighted by atomic mass is 9.73. The Bertz CT molecular complexity index is 794. The Labute approximate surface area is 158 Å². The van der Waals surface area contributed by atoms with Gasteiger partial charge in [-0.05, 0) is 19.3 Å². The van der Waals surface area contributed by atoms with Crippen molar-refractivity contribution in [1.82, 2.24) is 29.7 Å². The number of hydrogen-bond donors (Lipinski definition) is 1. The van der Waals surface area contributed by atoms with Crippen molar-refractivity contribution in [3.05, 3.63) is 42.5 Å². The lowest BCUT2D eigenvalue weighted by Gasteiger charge is -2.48. The topological polar surface area (TPSA) is 95.1 Å². The molecule has 4 heterocycles. The normalized spacial score (nSPS) is 23.0. The fourth-order valence-corrected chi connectivity index (χ4v) is 4.27. The number of likely N-dealkylation sites (tertiary alicyclic amines) is 2. The van der Waals surface area contributed by atoms with E-state index in [9.17, 15) is 9.59 Å². The second kappa shape index (κ2) is 7.46. The van der Waals surface area contributed by atoms with Gasteiger partial charge < -0.3 is 14.8 Å². The molecule has 1 atom stereocenters. The standard InChI is InChI=1S/C19H24N6O2/c26-17-2-5-19(12-24(17)9-3-15-10-21-14-23-15)4-1-8-25(13-19)18(27)16-11-20-6-7-22-16/h6-7,10-11,14H,1-5,8-9,12-13H2,(H,21,23)/t19-/m0/s1. The summed E-state index contributed by atoms with van der Waals surface area (Å²) in [4.78, 5) is 44.3. The molecular weight excluding hydrogens is 344 g/mol. The zero-order valence-electron chi connectivity index (χ0n) is 15.3. The molecule has 0 aromatic carbocycles. The van der Waals surface area contributed by atoms with Crippen LogP contribution in [-0.2, 0) is 11.2 Å². The zero-order valence-corrected chi connectivity index (χ0v) is 15.3. The van der Waals surface area contributed by atoms with Gasteiger partial charge in [0.1, 0.15) is 5.69 Å². The predicted molar refractivity (Wildman–Crippen MR) is 97.7 cm³/mol. The van der Waals surface area contributed by atoms with Crippen LogP contribution in [-0.4, -0.2) is 67.7 Å². The molecule has 8 heteroatoms. The van der Waals surface area contributed by atoms with Gasteiger partial charge in [-0.25, -0.2) is 9.97 Å². The number of rotatable bonds is 4. The first kappa shape index (κ1) is 17.6. The molecule has 2 aromatic rings. The number of carbonyl (C=O) groups is 2. The molecule has 1 N–H and O–H groups in total. The zero-order chi connectivity index (χ0) is 18.7. The Morgan fingerprint density at radius 3 is 2.89 bits per heavy atom. The van der Waals surface area contributed by atoms with Crippen LogP contribution in [0.1, 0.15) is 41.9 Å². The summed E-state index contributed by atoms with van der Waals surface area (Å²) in [5.41, 5.74) is 1.40. The van der Waals surface area contributed by atoms with E-state index in [1.165, 1.54) is 6.20 Å². The number of carbonyl (C=O) groups excluding carboxylic acids is 2. The molecule has 4 rings (SSSR count). The lowest BCUT2D eigenvalue weighted by Crippen LogP contribution is -2.55. The number of nitrogens with one attached hydrogen (secondary N) is 1. The minimum Gasteiger partial charge on any atom is -0.348 e. The van der Waals surface area contributed by atoms with Gasteiger partial charge in [0.15, 0.2) is 0 Å². The molecule has 27 heavy (non-hydrogen) atoms. The molecule has 2 amide bonds. The maximum atomic E-state index is 12.8. The molecule has 0 radical (unpaired) electrons. The number of aromatic nitrogens is 4. The van der Waals surface area contributed by atoms with Crippen LogP contribution in [0.25, 0.3) is 0 Å². The van der Waals surface area contributed by atoms with Crippen molar-refractivity contribution in [2.45, 2.75) is 32.1 Å². The molecule has 2 aliphatic rings. The first-order valence-corrected chi connectivity index (χ1v) is 9.46. The highest BCUT2D eigenvalue weighted by molar-refractivity contribution is 5.92. The van der Waals surface area contributed by atoms with Crippen LogP contribution in [0.15, 0.2) is 31.1 Å². The second-order valence-electron chi connectivity index (χ2n) is 7.56. The van der Waals surface area contributed by atoms with E-state index < -0.39 is 0 Å². The molecule has 142 valence electrons. The van der Waals surface area contributed by atoms with Gasteiger partial charge in [-0.2, -0.15) is 0 Å². The van der Waals surface area contributed by atoms with E-state index in [1.807, 2.05) is 9.80 Å². The van der Waals surface area contributed by atoms with Gasteiger partial charge >= 0.3 is 0 Å². The summed E-state index contributed by atoms with van der Waals surface area (Å²) < 4.78 is 0.